The van der Waals surface area contributed by atoms with Crippen LogP contribution in [0.25, 0.3) is 0 Å². The Morgan fingerprint density at radius 3 is 2.46 bits per heavy atom. The molecule has 0 amide bonds. The molecule has 1 aliphatic rings. The molecule has 0 unspecified atom stereocenters. The van der Waals surface area contributed by atoms with E-state index in [0.29, 0.717) is 11.7 Å². The fourth-order valence-electron chi connectivity index (χ4n) is 5.35. The van der Waals surface area contributed by atoms with Gasteiger partial charge in [-0.2, -0.15) is 0 Å². The lowest BCUT2D eigenvalue weighted by Crippen LogP contribution is -2.29. The predicted molar refractivity (Wildman–Crippen MR) is 157 cm³/mol. The largest absolute Gasteiger partial charge is 0.467 e. The number of thiocarbonyl (C=S) groups is 1. The van der Waals surface area contributed by atoms with Crippen molar-refractivity contribution in [2.75, 3.05) is 4.90 Å². The molecule has 2 aromatic carbocycles. The molecular formula is C32H30N4O2S. The van der Waals surface area contributed by atoms with Crippen LogP contribution in [0.5, 0.6) is 11.5 Å². The number of aromatic nitrogens is 2. The quantitative estimate of drug-likeness (QED) is 0.219. The molecule has 0 spiro atoms. The number of para-hydroxylation sites is 1. The average molecular weight is 535 g/mol. The molecule has 1 saturated heterocycles. The van der Waals surface area contributed by atoms with Gasteiger partial charge in [-0.25, -0.2) is 0 Å². The zero-order valence-corrected chi connectivity index (χ0v) is 23.0. The number of ether oxygens (including phenoxy) is 1. The smallest absolute Gasteiger partial charge is 0.174 e. The number of nitrogens with zero attached hydrogens (tertiary/aromatic N) is 3. The second-order valence-corrected chi connectivity index (χ2v) is 10.2. The van der Waals surface area contributed by atoms with Crippen molar-refractivity contribution in [3.8, 4) is 11.5 Å². The first-order valence-corrected chi connectivity index (χ1v) is 13.4. The standard InChI is InChI=1S/C32H30N4O2S/c1-21-9-4-5-12-29(21)38-25-15-13-24(14-16-25)36-31(30(34-32(36)39)28-11-6-7-17-33-28)27-19-22(2)35(23(27)3)20-26-10-8-18-37-26/h4-19,30-31H,20H2,1-3H3,(H,34,39)/t30-,31+/m1/s1. The number of rotatable bonds is 7. The van der Waals surface area contributed by atoms with Crippen LogP contribution in [0.15, 0.2) is 102 Å². The van der Waals surface area contributed by atoms with Crippen molar-refractivity contribution in [1.82, 2.24) is 14.9 Å². The summed E-state index contributed by atoms with van der Waals surface area (Å²) in [5.74, 6) is 2.55. The highest BCUT2D eigenvalue weighted by Gasteiger charge is 2.42. The number of benzene rings is 2. The molecule has 2 atom stereocenters. The molecular weight excluding hydrogens is 504 g/mol. The van der Waals surface area contributed by atoms with Crippen molar-refractivity contribution in [1.29, 1.82) is 0 Å². The van der Waals surface area contributed by atoms with E-state index in [9.17, 15) is 0 Å². The summed E-state index contributed by atoms with van der Waals surface area (Å²) in [5, 5.41) is 4.23. The minimum atomic E-state index is -0.112. The third kappa shape index (κ3) is 4.81. The maximum Gasteiger partial charge on any atom is 0.174 e. The van der Waals surface area contributed by atoms with E-state index in [1.54, 1.807) is 6.26 Å². The normalized spacial score (nSPS) is 16.9. The molecule has 0 aliphatic carbocycles. The third-order valence-corrected chi connectivity index (χ3v) is 7.67. The predicted octanol–water partition coefficient (Wildman–Crippen LogP) is 7.42. The lowest BCUT2D eigenvalue weighted by Gasteiger charge is -2.28. The number of hydrogen-bond acceptors (Lipinski definition) is 4. The van der Waals surface area contributed by atoms with Gasteiger partial charge >= 0.3 is 0 Å². The van der Waals surface area contributed by atoms with Crippen molar-refractivity contribution < 1.29 is 9.15 Å². The van der Waals surface area contributed by atoms with Gasteiger partial charge in [0.25, 0.3) is 0 Å². The molecule has 39 heavy (non-hydrogen) atoms. The molecule has 6 rings (SSSR count). The van der Waals surface area contributed by atoms with Crippen molar-refractivity contribution >= 4 is 23.0 Å². The van der Waals surface area contributed by atoms with E-state index in [1.807, 2.05) is 73.8 Å². The van der Waals surface area contributed by atoms with Gasteiger partial charge in [0.15, 0.2) is 5.11 Å². The van der Waals surface area contributed by atoms with E-state index in [2.05, 4.69) is 52.9 Å². The van der Waals surface area contributed by atoms with E-state index in [4.69, 9.17) is 26.4 Å². The third-order valence-electron chi connectivity index (χ3n) is 7.36. The van der Waals surface area contributed by atoms with Crippen LogP contribution in [-0.4, -0.2) is 14.7 Å². The van der Waals surface area contributed by atoms with Crippen LogP contribution in [-0.2, 0) is 6.54 Å². The number of furan rings is 1. The number of aryl methyl sites for hydroxylation is 2. The summed E-state index contributed by atoms with van der Waals surface area (Å²) in [7, 11) is 0. The second kappa shape index (κ2) is 10.4. The Morgan fingerprint density at radius 1 is 0.949 bits per heavy atom. The van der Waals surface area contributed by atoms with E-state index in [0.717, 1.165) is 34.2 Å². The first kappa shape index (κ1) is 24.9. The second-order valence-electron chi connectivity index (χ2n) is 9.85. The van der Waals surface area contributed by atoms with E-state index < -0.39 is 0 Å². The van der Waals surface area contributed by atoms with Crippen LogP contribution in [0.2, 0.25) is 0 Å². The molecule has 0 bridgehead atoms. The Labute approximate surface area is 233 Å². The summed E-state index contributed by atoms with van der Waals surface area (Å²) >= 11 is 5.94. The maximum absolute atomic E-state index is 6.15. The van der Waals surface area contributed by atoms with Crippen LogP contribution in [0.3, 0.4) is 0 Å². The van der Waals surface area contributed by atoms with Gasteiger partial charge in [0.05, 0.1) is 30.6 Å². The topological polar surface area (TPSA) is 55.5 Å². The number of anilines is 1. The van der Waals surface area contributed by atoms with Crippen LogP contribution < -0.4 is 15.0 Å². The Morgan fingerprint density at radius 2 is 1.74 bits per heavy atom. The average Bonchev–Trinajstić information content (AvgIpc) is 3.66. The van der Waals surface area contributed by atoms with Crippen molar-refractivity contribution in [2.45, 2.75) is 39.4 Å². The molecule has 5 aromatic rings. The van der Waals surface area contributed by atoms with Gasteiger partial charge in [-0.05, 0) is 105 Å². The van der Waals surface area contributed by atoms with E-state index >= 15 is 0 Å². The molecule has 6 nitrogen and oxygen atoms in total. The highest BCUT2D eigenvalue weighted by molar-refractivity contribution is 7.80. The van der Waals surface area contributed by atoms with Crippen LogP contribution in [0, 0.1) is 20.8 Å². The SMILES string of the molecule is Cc1ccccc1Oc1ccc(N2C(=S)N[C@H](c3ccccn3)[C@@H]2c2cc(C)n(Cc3ccco3)c2C)cc1. The molecule has 3 aromatic heterocycles. The number of hydrogen-bond donors (Lipinski definition) is 1. The Balaban J connectivity index is 1.38. The molecule has 1 aliphatic heterocycles. The molecule has 1 N–H and O–H groups in total. The highest BCUT2D eigenvalue weighted by atomic mass is 32.1. The first-order chi connectivity index (χ1) is 19.0. The van der Waals surface area contributed by atoms with Crippen LogP contribution in [0.1, 0.15) is 46.1 Å². The van der Waals surface area contributed by atoms with Gasteiger partial charge in [-0.1, -0.05) is 24.3 Å². The van der Waals surface area contributed by atoms with Crippen LogP contribution in [0.4, 0.5) is 5.69 Å². The lowest BCUT2D eigenvalue weighted by atomic mass is 9.96. The molecule has 7 heteroatoms. The van der Waals surface area contributed by atoms with Crippen LogP contribution >= 0.6 is 12.2 Å². The summed E-state index contributed by atoms with van der Waals surface area (Å²) in [4.78, 5) is 6.90. The number of nitrogens with one attached hydrogen (secondary N) is 1. The van der Waals surface area contributed by atoms with Gasteiger partial charge in [-0.15, -0.1) is 0 Å². The summed E-state index contributed by atoms with van der Waals surface area (Å²) in [6.45, 7) is 7.02. The molecule has 0 radical (unpaired) electrons. The summed E-state index contributed by atoms with van der Waals surface area (Å²) in [5.41, 5.74) is 6.56. The minimum absolute atomic E-state index is 0.0907. The van der Waals surface area contributed by atoms with Gasteiger partial charge in [0.2, 0.25) is 0 Å². The van der Waals surface area contributed by atoms with E-state index in [1.165, 1.54) is 17.0 Å². The molecule has 1 fully saturated rings. The fourth-order valence-corrected chi connectivity index (χ4v) is 5.70. The molecule has 196 valence electrons. The highest BCUT2D eigenvalue weighted by Crippen LogP contribution is 2.43. The van der Waals surface area contributed by atoms with Gasteiger partial charge in [-0.3, -0.25) is 4.98 Å². The minimum Gasteiger partial charge on any atom is -0.467 e. The fraction of sp³-hybridized carbons (Fsp3) is 0.188. The Bertz CT molecular complexity index is 1590. The monoisotopic (exact) mass is 534 g/mol. The summed E-state index contributed by atoms with van der Waals surface area (Å²) in [6, 6.07) is 28.1. The summed E-state index contributed by atoms with van der Waals surface area (Å²) in [6.07, 6.45) is 3.55. The van der Waals surface area contributed by atoms with E-state index in [-0.39, 0.29) is 12.1 Å². The first-order valence-electron chi connectivity index (χ1n) is 13.0. The maximum atomic E-state index is 6.15. The summed E-state index contributed by atoms with van der Waals surface area (Å²) < 4.78 is 14.1. The zero-order valence-electron chi connectivity index (χ0n) is 22.2. The van der Waals surface area contributed by atoms with Gasteiger partial charge in [0, 0.05) is 23.3 Å². The number of pyridine rings is 1. The Hall–Kier alpha value is -4.36. The lowest BCUT2D eigenvalue weighted by molar-refractivity contribution is 0.479. The van der Waals surface area contributed by atoms with Crippen molar-refractivity contribution in [3.05, 3.63) is 131 Å². The van der Waals surface area contributed by atoms with Crippen molar-refractivity contribution in [3.63, 3.8) is 0 Å². The van der Waals surface area contributed by atoms with Gasteiger partial charge in [0.1, 0.15) is 17.3 Å². The van der Waals surface area contributed by atoms with Gasteiger partial charge < -0.3 is 23.9 Å². The Kier molecular flexibility index (Phi) is 6.67. The van der Waals surface area contributed by atoms with Crippen molar-refractivity contribution in [2.24, 2.45) is 0 Å². The molecule has 4 heterocycles. The zero-order chi connectivity index (χ0) is 26.9. The molecule has 0 saturated carbocycles.